The van der Waals surface area contributed by atoms with Crippen LogP contribution in [0.15, 0.2) is 94.2 Å². The van der Waals surface area contributed by atoms with Crippen molar-refractivity contribution in [3.05, 3.63) is 107 Å². The third kappa shape index (κ3) is 9.39. The fraction of sp³-hybridized carbons (Fsp3) is 0.463. The maximum absolute atomic E-state index is 14.6. The quantitative estimate of drug-likeness (QED) is 0.174. The number of aromatic nitrogens is 2. The zero-order valence-electron chi connectivity index (χ0n) is 31.3. The van der Waals surface area contributed by atoms with Gasteiger partial charge in [0, 0.05) is 55.0 Å². The maximum Gasteiger partial charge on any atom is 0.284 e. The summed E-state index contributed by atoms with van der Waals surface area (Å²) in [6.07, 6.45) is 15.1. The summed E-state index contributed by atoms with van der Waals surface area (Å²) in [6, 6.07) is 5.81. The molecule has 2 aliphatic heterocycles. The third-order valence-corrected chi connectivity index (χ3v) is 12.7. The smallest absolute Gasteiger partial charge is 0.284 e. The molecule has 2 aliphatic carbocycles. The number of amides is 2. The van der Waals surface area contributed by atoms with Crippen LogP contribution in [0.1, 0.15) is 60.5 Å². The first-order chi connectivity index (χ1) is 26.0. The molecule has 288 valence electrons. The van der Waals surface area contributed by atoms with E-state index < -0.39 is 21.5 Å². The number of aliphatic imine (C=N–C) groups is 1. The van der Waals surface area contributed by atoms with E-state index in [2.05, 4.69) is 50.7 Å². The first-order valence-electron chi connectivity index (χ1n) is 18.5. The number of ether oxygens (including phenoxy) is 3. The number of benzene rings is 1. The lowest BCUT2D eigenvalue weighted by molar-refractivity contribution is -0.114. The fourth-order valence-electron chi connectivity index (χ4n) is 7.79. The highest BCUT2D eigenvalue weighted by Gasteiger charge is 2.42. The van der Waals surface area contributed by atoms with E-state index in [4.69, 9.17) is 25.8 Å². The summed E-state index contributed by atoms with van der Waals surface area (Å²) in [5.41, 5.74) is 5.08. The highest BCUT2D eigenvalue weighted by atomic mass is 35.5. The van der Waals surface area contributed by atoms with Crippen molar-refractivity contribution in [1.82, 2.24) is 14.7 Å². The lowest BCUT2D eigenvalue weighted by Gasteiger charge is -2.47. The zero-order valence-corrected chi connectivity index (χ0v) is 32.9. The number of hydrogen-bond donors (Lipinski definition) is 0. The number of hydrogen-bond acceptors (Lipinski definition) is 8. The van der Waals surface area contributed by atoms with Gasteiger partial charge in [0.25, 0.3) is 11.8 Å². The fourth-order valence-corrected chi connectivity index (χ4v) is 9.80. The second kappa shape index (κ2) is 17.6. The van der Waals surface area contributed by atoms with Gasteiger partial charge in [-0.15, -0.1) is 11.7 Å². The Morgan fingerprint density at radius 3 is 2.83 bits per heavy atom. The molecule has 54 heavy (non-hydrogen) atoms. The van der Waals surface area contributed by atoms with Gasteiger partial charge in [0.05, 0.1) is 42.2 Å². The number of allylic oxidation sites excluding steroid dienone is 3. The van der Waals surface area contributed by atoms with Gasteiger partial charge in [-0.2, -0.15) is 4.36 Å². The van der Waals surface area contributed by atoms with Gasteiger partial charge >= 0.3 is 0 Å². The Labute approximate surface area is 323 Å². The van der Waals surface area contributed by atoms with Crippen molar-refractivity contribution in [2.24, 2.45) is 34.2 Å². The van der Waals surface area contributed by atoms with E-state index in [0.29, 0.717) is 49.7 Å². The number of halogens is 1. The summed E-state index contributed by atoms with van der Waals surface area (Å²) in [5.74, 6) is -0.278. The summed E-state index contributed by atoms with van der Waals surface area (Å²) < 4.78 is 38.5. The molecular formula is C41H50ClN5O6S. The minimum Gasteiger partial charge on any atom is -0.496 e. The molecule has 2 unspecified atom stereocenters. The summed E-state index contributed by atoms with van der Waals surface area (Å²) in [5, 5.41) is 4.83. The van der Waals surface area contributed by atoms with Crippen molar-refractivity contribution in [3.63, 3.8) is 0 Å². The van der Waals surface area contributed by atoms with Crippen LogP contribution in [-0.4, -0.2) is 81.0 Å². The number of methoxy groups -OCH3 is 1. The molecule has 0 saturated heterocycles. The minimum absolute atomic E-state index is 0.00730. The SMILES string of the molecule is C=CCO[C@H]1/C=C/C[C@H](C)CS(=O)(/C=N/C(=O)c2cn(C)nc2OC)=NC(=O)C2=CC=C3OCCCCc4cc(Cl)ccc4CN(C[C@@H]4CC(=C)[C@H]41)C3C2. The van der Waals surface area contributed by atoms with Crippen molar-refractivity contribution < 1.29 is 28.0 Å². The molecular weight excluding hydrogens is 726 g/mol. The molecule has 4 aliphatic rings. The molecule has 1 aromatic heterocycles. The average molecular weight is 776 g/mol. The van der Waals surface area contributed by atoms with E-state index in [1.165, 1.54) is 29.1 Å². The minimum atomic E-state index is -3.46. The van der Waals surface area contributed by atoms with Crippen LogP contribution in [0.3, 0.4) is 0 Å². The number of fused-ring (bicyclic) bond motifs is 3. The van der Waals surface area contributed by atoms with Gasteiger partial charge in [0.1, 0.15) is 16.9 Å². The van der Waals surface area contributed by atoms with Crippen molar-refractivity contribution in [3.8, 4) is 5.88 Å². The first kappa shape index (κ1) is 39.6. The molecule has 6 rings (SSSR count). The monoisotopic (exact) mass is 775 g/mol. The van der Waals surface area contributed by atoms with Crippen LogP contribution in [0.5, 0.6) is 5.88 Å². The maximum atomic E-state index is 14.6. The molecule has 0 spiro atoms. The van der Waals surface area contributed by atoms with Crippen LogP contribution in [0, 0.1) is 17.8 Å². The van der Waals surface area contributed by atoms with Crippen LogP contribution < -0.4 is 4.74 Å². The summed E-state index contributed by atoms with van der Waals surface area (Å²) >= 11 is 6.50. The molecule has 2 bridgehead atoms. The molecule has 1 saturated carbocycles. The first-order valence-corrected chi connectivity index (χ1v) is 20.7. The predicted molar refractivity (Wildman–Crippen MR) is 212 cm³/mol. The standard InChI is InChI=1S/C41H50ClN5O6S/c1-6-17-52-37-12-9-10-27(2)25-54(50,26-43-40(49)34-24-46(4)44-41(34)51-5)45-39(48)30-14-16-36-35(21-30)47(23-32-19-28(3)38(32)37)22-31-13-15-33(42)20-29(31)11-7-8-18-53-36/h6,9,12-16,20,24,26-27,32,35,37-38H,1,3,7-8,10-11,17-19,21-23,25H2,2,4-5H3/b12-9+,43-26+/t27-,32-,35?,37-,38+,54?/m0/s1. The van der Waals surface area contributed by atoms with Crippen LogP contribution in [-0.2, 0) is 44.0 Å². The van der Waals surface area contributed by atoms with E-state index in [9.17, 15) is 13.8 Å². The Bertz CT molecular complexity index is 2020. The van der Waals surface area contributed by atoms with E-state index in [1.807, 2.05) is 25.1 Å². The van der Waals surface area contributed by atoms with Gasteiger partial charge in [-0.1, -0.05) is 55.0 Å². The second-order valence-electron chi connectivity index (χ2n) is 14.7. The molecule has 1 aromatic carbocycles. The lowest BCUT2D eigenvalue weighted by atomic mass is 9.66. The molecule has 11 nitrogen and oxygen atoms in total. The highest BCUT2D eigenvalue weighted by molar-refractivity contribution is 8.06. The molecule has 1 fully saturated rings. The van der Waals surface area contributed by atoms with Gasteiger partial charge in [-0.05, 0) is 79.4 Å². The van der Waals surface area contributed by atoms with E-state index in [0.717, 1.165) is 42.6 Å². The van der Waals surface area contributed by atoms with Crippen molar-refractivity contribution in [2.45, 2.75) is 64.1 Å². The summed E-state index contributed by atoms with van der Waals surface area (Å²) in [4.78, 5) is 33.7. The van der Waals surface area contributed by atoms with Gasteiger partial charge in [-0.3, -0.25) is 19.2 Å². The second-order valence-corrected chi connectivity index (χ2v) is 17.2. The van der Waals surface area contributed by atoms with Gasteiger partial charge in [0.15, 0.2) is 0 Å². The normalized spacial score (nSPS) is 28.9. The average Bonchev–Trinajstić information content (AvgIpc) is 3.51. The molecule has 2 amide bonds. The Kier molecular flexibility index (Phi) is 12.9. The Balaban J connectivity index is 1.42. The van der Waals surface area contributed by atoms with Gasteiger partial charge in [0.2, 0.25) is 5.88 Å². The number of carbonyl (C=O) groups excluding carboxylic acids is 2. The Morgan fingerprint density at radius 1 is 1.22 bits per heavy atom. The molecule has 6 atom stereocenters. The van der Waals surface area contributed by atoms with Crippen molar-refractivity contribution >= 4 is 38.7 Å². The molecule has 0 N–H and O–H groups in total. The molecule has 2 aromatic rings. The van der Waals surface area contributed by atoms with Crippen molar-refractivity contribution in [1.29, 1.82) is 0 Å². The number of rotatable bonds is 6. The molecule has 3 heterocycles. The lowest BCUT2D eigenvalue weighted by Crippen LogP contribution is -2.48. The Morgan fingerprint density at radius 2 is 2.06 bits per heavy atom. The van der Waals surface area contributed by atoms with E-state index in [1.54, 1.807) is 19.2 Å². The highest BCUT2D eigenvalue weighted by Crippen LogP contribution is 2.44. The topological polar surface area (TPSA) is 125 Å². The molecule has 0 radical (unpaired) electrons. The van der Waals surface area contributed by atoms with Crippen LogP contribution in [0.4, 0.5) is 0 Å². The summed E-state index contributed by atoms with van der Waals surface area (Å²) in [7, 11) is -0.400. The molecule has 13 heteroatoms. The number of aryl methyl sites for hydroxylation is 2. The zero-order chi connectivity index (χ0) is 38.4. The largest absolute Gasteiger partial charge is 0.496 e. The predicted octanol–water partition coefficient (Wildman–Crippen LogP) is 7.04. The van der Waals surface area contributed by atoms with Gasteiger partial charge < -0.3 is 14.2 Å². The van der Waals surface area contributed by atoms with E-state index in [-0.39, 0.29) is 47.1 Å². The van der Waals surface area contributed by atoms with Crippen LogP contribution in [0.2, 0.25) is 5.02 Å². The van der Waals surface area contributed by atoms with E-state index >= 15 is 0 Å². The Hall–Kier alpha value is -4.10. The number of nitrogens with zero attached hydrogens (tertiary/aromatic N) is 5. The van der Waals surface area contributed by atoms with Crippen LogP contribution >= 0.6 is 11.6 Å². The van der Waals surface area contributed by atoms with Crippen LogP contribution in [0.25, 0.3) is 0 Å². The number of carbonyl (C=O) groups is 2. The van der Waals surface area contributed by atoms with Gasteiger partial charge in [-0.25, -0.2) is 9.20 Å². The summed E-state index contributed by atoms with van der Waals surface area (Å²) in [6.45, 7) is 12.5. The van der Waals surface area contributed by atoms with Crippen molar-refractivity contribution in [2.75, 3.05) is 32.6 Å². The third-order valence-electron chi connectivity index (χ3n) is 10.5.